The van der Waals surface area contributed by atoms with E-state index in [9.17, 15) is 0 Å². The van der Waals surface area contributed by atoms with Gasteiger partial charge < -0.3 is 14.2 Å². The highest BCUT2D eigenvalue weighted by atomic mass is 16.9. The molecule has 3 saturated heterocycles. The fourth-order valence-corrected chi connectivity index (χ4v) is 3.13. The zero-order valence-electron chi connectivity index (χ0n) is 13.0. The standard InChI is InChI=1S/C20H18O3/c1-3-16-6-10-18(11-7-16)20-21-12-19(13-22-20,14-23-20)17-8-4-15(2)5-9-17/h1,4-11H,12-14H2,2H3. The Bertz CT molecular complexity index is 728. The van der Waals surface area contributed by atoms with Crippen molar-refractivity contribution < 1.29 is 14.2 Å². The van der Waals surface area contributed by atoms with Crippen molar-refractivity contribution in [2.75, 3.05) is 19.8 Å². The van der Waals surface area contributed by atoms with Crippen molar-refractivity contribution in [1.82, 2.24) is 0 Å². The van der Waals surface area contributed by atoms with Gasteiger partial charge in [-0.2, -0.15) is 0 Å². The smallest absolute Gasteiger partial charge is 0.312 e. The van der Waals surface area contributed by atoms with Gasteiger partial charge in [0, 0.05) is 11.1 Å². The van der Waals surface area contributed by atoms with Gasteiger partial charge >= 0.3 is 5.97 Å². The summed E-state index contributed by atoms with van der Waals surface area (Å²) in [5.41, 5.74) is 3.87. The van der Waals surface area contributed by atoms with Gasteiger partial charge in [-0.1, -0.05) is 35.7 Å². The molecule has 0 aliphatic carbocycles. The first-order chi connectivity index (χ1) is 11.2. The highest BCUT2D eigenvalue weighted by Crippen LogP contribution is 2.45. The van der Waals surface area contributed by atoms with Crippen LogP contribution in [0.15, 0.2) is 48.5 Å². The zero-order chi connectivity index (χ0) is 15.9. The van der Waals surface area contributed by atoms with Crippen LogP contribution in [0.3, 0.4) is 0 Å². The minimum Gasteiger partial charge on any atom is -0.322 e. The molecule has 3 aliphatic heterocycles. The molecule has 0 unspecified atom stereocenters. The van der Waals surface area contributed by atoms with E-state index in [4.69, 9.17) is 20.6 Å². The Kier molecular flexibility index (Phi) is 3.28. The number of fused-ring (bicyclic) bond motifs is 3. The SMILES string of the molecule is C#Cc1ccc(C23OCC(c4ccc(C)cc4)(CO2)CO3)cc1. The summed E-state index contributed by atoms with van der Waals surface area (Å²) in [6.07, 6.45) is 5.40. The zero-order valence-corrected chi connectivity index (χ0v) is 13.0. The Morgan fingerprint density at radius 2 is 1.35 bits per heavy atom. The Labute approximate surface area is 136 Å². The van der Waals surface area contributed by atoms with Gasteiger partial charge in [0.15, 0.2) is 0 Å². The second-order valence-electron chi connectivity index (χ2n) is 6.29. The largest absolute Gasteiger partial charge is 0.322 e. The van der Waals surface area contributed by atoms with Crippen LogP contribution in [0.25, 0.3) is 0 Å². The van der Waals surface area contributed by atoms with Gasteiger partial charge in [0.2, 0.25) is 0 Å². The molecule has 3 heteroatoms. The van der Waals surface area contributed by atoms with Gasteiger partial charge in [-0.25, -0.2) is 0 Å². The maximum Gasteiger partial charge on any atom is 0.312 e. The Morgan fingerprint density at radius 3 is 1.87 bits per heavy atom. The molecule has 2 aromatic rings. The summed E-state index contributed by atoms with van der Waals surface area (Å²) in [7, 11) is 0. The third-order valence-electron chi connectivity index (χ3n) is 4.68. The van der Waals surface area contributed by atoms with E-state index in [1.165, 1.54) is 11.1 Å². The van der Waals surface area contributed by atoms with Gasteiger partial charge in [0.1, 0.15) is 0 Å². The molecule has 3 heterocycles. The van der Waals surface area contributed by atoms with Crippen LogP contribution < -0.4 is 0 Å². The molecule has 116 valence electrons. The molecule has 2 aromatic carbocycles. The molecular formula is C20H18O3. The average Bonchev–Trinajstić information content (AvgIpc) is 2.64. The normalized spacial score (nSPS) is 29.2. The van der Waals surface area contributed by atoms with E-state index in [1.54, 1.807) is 0 Å². The van der Waals surface area contributed by atoms with Crippen molar-refractivity contribution in [3.05, 3.63) is 70.8 Å². The first kappa shape index (κ1) is 14.5. The van der Waals surface area contributed by atoms with E-state index in [1.807, 2.05) is 24.3 Å². The summed E-state index contributed by atoms with van der Waals surface area (Å²) in [5, 5.41) is 0. The summed E-state index contributed by atoms with van der Waals surface area (Å²) >= 11 is 0. The van der Waals surface area contributed by atoms with E-state index < -0.39 is 5.97 Å². The fraction of sp³-hybridized carbons (Fsp3) is 0.300. The topological polar surface area (TPSA) is 27.7 Å². The molecule has 0 aromatic heterocycles. The summed E-state index contributed by atoms with van der Waals surface area (Å²) in [4.78, 5) is 0. The molecule has 0 N–H and O–H groups in total. The number of terminal acetylenes is 1. The molecule has 0 saturated carbocycles. The predicted octanol–water partition coefficient (Wildman–Crippen LogP) is 3.10. The van der Waals surface area contributed by atoms with Crippen LogP contribution in [-0.4, -0.2) is 19.8 Å². The molecule has 23 heavy (non-hydrogen) atoms. The highest BCUT2D eigenvalue weighted by molar-refractivity contribution is 5.36. The maximum absolute atomic E-state index is 6.02. The summed E-state index contributed by atoms with van der Waals surface area (Å²) in [5.74, 6) is 1.51. The van der Waals surface area contributed by atoms with Crippen LogP contribution in [0.2, 0.25) is 0 Å². The molecule has 3 nitrogen and oxygen atoms in total. The van der Waals surface area contributed by atoms with Crippen LogP contribution >= 0.6 is 0 Å². The van der Waals surface area contributed by atoms with Crippen molar-refractivity contribution in [2.45, 2.75) is 18.3 Å². The molecule has 0 amide bonds. The van der Waals surface area contributed by atoms with Gasteiger partial charge in [-0.15, -0.1) is 6.42 Å². The number of benzene rings is 2. The fourth-order valence-electron chi connectivity index (χ4n) is 3.13. The van der Waals surface area contributed by atoms with Gasteiger partial charge in [0.05, 0.1) is 25.2 Å². The third-order valence-corrected chi connectivity index (χ3v) is 4.68. The van der Waals surface area contributed by atoms with Crippen molar-refractivity contribution in [3.8, 4) is 12.3 Å². The quantitative estimate of drug-likeness (QED) is 0.798. The second kappa shape index (κ2) is 5.21. The second-order valence-corrected chi connectivity index (χ2v) is 6.29. The lowest BCUT2D eigenvalue weighted by Crippen LogP contribution is -2.60. The highest BCUT2D eigenvalue weighted by Gasteiger charge is 2.54. The molecule has 3 fully saturated rings. The van der Waals surface area contributed by atoms with Crippen LogP contribution in [0.5, 0.6) is 0 Å². The minimum atomic E-state index is -1.10. The summed E-state index contributed by atoms with van der Waals surface area (Å²) < 4.78 is 18.0. The Hall–Kier alpha value is -2.12. The van der Waals surface area contributed by atoms with Gasteiger partial charge in [-0.05, 0) is 36.8 Å². The maximum atomic E-state index is 6.02. The van der Waals surface area contributed by atoms with Crippen LogP contribution in [0, 0.1) is 19.3 Å². The molecule has 0 spiro atoms. The van der Waals surface area contributed by atoms with Crippen LogP contribution in [0.4, 0.5) is 0 Å². The molecule has 0 radical (unpaired) electrons. The van der Waals surface area contributed by atoms with Crippen molar-refractivity contribution in [2.24, 2.45) is 0 Å². The summed E-state index contributed by atoms with van der Waals surface area (Å²) in [6, 6.07) is 16.0. The molecule has 5 rings (SSSR count). The lowest BCUT2D eigenvalue weighted by molar-refractivity contribution is -0.466. The van der Waals surface area contributed by atoms with E-state index >= 15 is 0 Å². The van der Waals surface area contributed by atoms with Gasteiger partial charge in [-0.3, -0.25) is 0 Å². The lowest BCUT2D eigenvalue weighted by atomic mass is 9.80. The average molecular weight is 306 g/mol. The molecule has 3 aliphatic rings. The monoisotopic (exact) mass is 306 g/mol. The predicted molar refractivity (Wildman–Crippen MR) is 86.8 cm³/mol. The number of ether oxygens (including phenoxy) is 3. The Morgan fingerprint density at radius 1 is 0.826 bits per heavy atom. The minimum absolute atomic E-state index is 0.228. The van der Waals surface area contributed by atoms with E-state index in [-0.39, 0.29) is 5.41 Å². The number of hydrogen-bond donors (Lipinski definition) is 0. The van der Waals surface area contributed by atoms with Crippen molar-refractivity contribution in [3.63, 3.8) is 0 Å². The first-order valence-electron chi connectivity index (χ1n) is 7.72. The number of aryl methyl sites for hydroxylation is 1. The lowest BCUT2D eigenvalue weighted by Gasteiger charge is -2.52. The van der Waals surface area contributed by atoms with Crippen molar-refractivity contribution in [1.29, 1.82) is 0 Å². The third kappa shape index (κ3) is 2.27. The molecule has 0 atom stereocenters. The molecular weight excluding hydrogens is 288 g/mol. The van der Waals surface area contributed by atoms with E-state index in [2.05, 4.69) is 37.1 Å². The number of hydrogen-bond acceptors (Lipinski definition) is 3. The van der Waals surface area contributed by atoms with Crippen LogP contribution in [-0.2, 0) is 25.6 Å². The van der Waals surface area contributed by atoms with Crippen molar-refractivity contribution >= 4 is 0 Å². The van der Waals surface area contributed by atoms with Crippen LogP contribution in [0.1, 0.15) is 22.3 Å². The van der Waals surface area contributed by atoms with E-state index in [0.29, 0.717) is 19.8 Å². The van der Waals surface area contributed by atoms with E-state index in [0.717, 1.165) is 11.1 Å². The Balaban J connectivity index is 1.60. The van der Waals surface area contributed by atoms with Gasteiger partial charge in [0.25, 0.3) is 0 Å². The first-order valence-corrected chi connectivity index (χ1v) is 7.72. The summed E-state index contributed by atoms with van der Waals surface area (Å²) in [6.45, 7) is 3.81. The number of rotatable bonds is 2. The molecule has 2 bridgehead atoms.